The van der Waals surface area contributed by atoms with Gasteiger partial charge in [0, 0.05) is 6.20 Å². The van der Waals surface area contributed by atoms with Crippen molar-refractivity contribution in [3.05, 3.63) is 23.8 Å². The fraction of sp³-hybridized carbons (Fsp3) is 0.500. The summed E-state index contributed by atoms with van der Waals surface area (Å²) in [5, 5.41) is 8.74. The first-order valence-corrected chi connectivity index (χ1v) is 3.65. The Hall–Kier alpha value is -0.960. The molecule has 0 aliphatic rings. The Morgan fingerprint density at radius 1 is 1.45 bits per heavy atom. The average molecular weight is 152 g/mol. The maximum atomic E-state index is 8.74. The lowest BCUT2D eigenvalue weighted by atomic mass is 10.1. The van der Waals surface area contributed by atoms with Crippen molar-refractivity contribution in [3.8, 4) is 0 Å². The molecule has 11 heavy (non-hydrogen) atoms. The highest BCUT2D eigenvalue weighted by atomic mass is 16.3. The molecule has 1 aromatic rings. The van der Waals surface area contributed by atoms with Crippen LogP contribution in [0.25, 0.3) is 0 Å². The van der Waals surface area contributed by atoms with Crippen LogP contribution >= 0.6 is 0 Å². The highest BCUT2D eigenvalue weighted by molar-refractivity contribution is 5.05. The average Bonchev–Trinajstić information content (AvgIpc) is 2.05. The summed E-state index contributed by atoms with van der Waals surface area (Å²) in [6.45, 7) is 4.06. The van der Waals surface area contributed by atoms with Crippen molar-refractivity contribution in [2.24, 2.45) is 0 Å². The van der Waals surface area contributed by atoms with E-state index in [0.29, 0.717) is 11.6 Å². The highest BCUT2D eigenvalue weighted by Gasteiger charge is 2.01. The minimum absolute atomic E-state index is 0.0342. The first-order chi connectivity index (χ1) is 5.24. The van der Waals surface area contributed by atoms with Gasteiger partial charge in [0.15, 0.2) is 0 Å². The standard InChI is InChI=1S/C8H12N2O/c1-6(2)8-4-9-3-7(5-11)10-8/h3-4,6,11H,5H2,1-2H3. The first kappa shape index (κ1) is 8.14. The van der Waals surface area contributed by atoms with Crippen molar-refractivity contribution in [3.63, 3.8) is 0 Å². The summed E-state index contributed by atoms with van der Waals surface area (Å²) in [4.78, 5) is 8.13. The molecule has 0 aliphatic carbocycles. The second-order valence-corrected chi connectivity index (χ2v) is 2.75. The Kier molecular flexibility index (Phi) is 2.54. The molecular weight excluding hydrogens is 140 g/mol. The Morgan fingerprint density at radius 3 is 2.73 bits per heavy atom. The number of rotatable bonds is 2. The second kappa shape index (κ2) is 3.44. The number of hydrogen-bond acceptors (Lipinski definition) is 3. The zero-order valence-electron chi connectivity index (χ0n) is 6.78. The topological polar surface area (TPSA) is 46.0 Å². The molecule has 0 spiro atoms. The number of nitrogens with zero attached hydrogens (tertiary/aromatic N) is 2. The third kappa shape index (κ3) is 1.98. The second-order valence-electron chi connectivity index (χ2n) is 2.75. The molecule has 1 aromatic heterocycles. The number of aliphatic hydroxyl groups is 1. The summed E-state index contributed by atoms with van der Waals surface area (Å²) in [6, 6.07) is 0. The van der Waals surface area contributed by atoms with Gasteiger partial charge in [0.25, 0.3) is 0 Å². The van der Waals surface area contributed by atoms with Crippen LogP contribution in [0.4, 0.5) is 0 Å². The summed E-state index contributed by atoms with van der Waals surface area (Å²) in [5.41, 5.74) is 1.56. The molecule has 0 fully saturated rings. The minimum atomic E-state index is -0.0342. The smallest absolute Gasteiger partial charge is 0.0868 e. The van der Waals surface area contributed by atoms with E-state index in [4.69, 9.17) is 5.11 Å². The molecule has 1 heterocycles. The van der Waals surface area contributed by atoms with Crippen molar-refractivity contribution in [2.45, 2.75) is 26.4 Å². The minimum Gasteiger partial charge on any atom is -0.390 e. The van der Waals surface area contributed by atoms with Gasteiger partial charge >= 0.3 is 0 Å². The van der Waals surface area contributed by atoms with Crippen molar-refractivity contribution in [1.82, 2.24) is 9.97 Å². The van der Waals surface area contributed by atoms with Gasteiger partial charge in [-0.25, -0.2) is 0 Å². The van der Waals surface area contributed by atoms with Gasteiger partial charge in [0.05, 0.1) is 24.2 Å². The van der Waals surface area contributed by atoms with Crippen molar-refractivity contribution in [1.29, 1.82) is 0 Å². The van der Waals surface area contributed by atoms with E-state index < -0.39 is 0 Å². The monoisotopic (exact) mass is 152 g/mol. The Bertz CT molecular complexity index is 235. The lowest BCUT2D eigenvalue weighted by Gasteiger charge is -2.03. The van der Waals surface area contributed by atoms with Crippen LogP contribution in [0.3, 0.4) is 0 Å². The molecule has 0 aliphatic heterocycles. The quantitative estimate of drug-likeness (QED) is 0.690. The largest absolute Gasteiger partial charge is 0.390 e. The van der Waals surface area contributed by atoms with Gasteiger partial charge in [-0.05, 0) is 5.92 Å². The molecule has 3 nitrogen and oxygen atoms in total. The van der Waals surface area contributed by atoms with E-state index in [0.717, 1.165) is 5.69 Å². The highest BCUT2D eigenvalue weighted by Crippen LogP contribution is 2.09. The van der Waals surface area contributed by atoms with Crippen LogP contribution in [0.1, 0.15) is 31.2 Å². The van der Waals surface area contributed by atoms with Crippen LogP contribution in [0.2, 0.25) is 0 Å². The predicted molar refractivity (Wildman–Crippen MR) is 42.0 cm³/mol. The van der Waals surface area contributed by atoms with Gasteiger partial charge in [0.2, 0.25) is 0 Å². The lowest BCUT2D eigenvalue weighted by Crippen LogP contribution is -1.98. The molecule has 3 heteroatoms. The Balaban J connectivity index is 2.91. The molecule has 1 N–H and O–H groups in total. The van der Waals surface area contributed by atoms with Crippen LogP contribution < -0.4 is 0 Å². The fourth-order valence-electron chi connectivity index (χ4n) is 0.778. The van der Waals surface area contributed by atoms with Crippen LogP contribution in [0.15, 0.2) is 12.4 Å². The normalized spacial score (nSPS) is 10.5. The molecule has 0 bridgehead atoms. The molecule has 0 amide bonds. The van der Waals surface area contributed by atoms with E-state index >= 15 is 0 Å². The summed E-state index contributed by atoms with van der Waals surface area (Å²) in [5.74, 6) is 0.369. The number of aromatic nitrogens is 2. The Morgan fingerprint density at radius 2 is 2.18 bits per heavy atom. The summed E-state index contributed by atoms with van der Waals surface area (Å²) in [7, 11) is 0. The lowest BCUT2D eigenvalue weighted by molar-refractivity contribution is 0.276. The van der Waals surface area contributed by atoms with E-state index in [2.05, 4.69) is 9.97 Å². The van der Waals surface area contributed by atoms with Gasteiger partial charge in [0.1, 0.15) is 0 Å². The van der Waals surface area contributed by atoms with Crippen LogP contribution in [-0.2, 0) is 6.61 Å². The third-order valence-electron chi connectivity index (χ3n) is 1.46. The van der Waals surface area contributed by atoms with Crippen LogP contribution in [-0.4, -0.2) is 15.1 Å². The van der Waals surface area contributed by atoms with Crippen molar-refractivity contribution >= 4 is 0 Å². The van der Waals surface area contributed by atoms with Crippen molar-refractivity contribution in [2.75, 3.05) is 0 Å². The van der Waals surface area contributed by atoms with E-state index in [-0.39, 0.29) is 6.61 Å². The molecule has 0 radical (unpaired) electrons. The zero-order valence-corrected chi connectivity index (χ0v) is 6.78. The molecule has 1 rings (SSSR count). The molecule has 60 valence electrons. The predicted octanol–water partition coefficient (Wildman–Crippen LogP) is 1.09. The van der Waals surface area contributed by atoms with Gasteiger partial charge in [-0.15, -0.1) is 0 Å². The van der Waals surface area contributed by atoms with Gasteiger partial charge in [-0.2, -0.15) is 0 Å². The van der Waals surface area contributed by atoms with Crippen LogP contribution in [0.5, 0.6) is 0 Å². The van der Waals surface area contributed by atoms with E-state index in [1.54, 1.807) is 12.4 Å². The zero-order chi connectivity index (χ0) is 8.27. The molecule has 0 saturated heterocycles. The summed E-state index contributed by atoms with van der Waals surface area (Å²) in [6.07, 6.45) is 3.30. The fourth-order valence-corrected chi connectivity index (χ4v) is 0.778. The maximum absolute atomic E-state index is 8.74. The molecule has 0 saturated carbocycles. The number of hydrogen-bond donors (Lipinski definition) is 1. The summed E-state index contributed by atoms with van der Waals surface area (Å²) >= 11 is 0. The first-order valence-electron chi connectivity index (χ1n) is 3.65. The van der Waals surface area contributed by atoms with E-state index in [1.165, 1.54) is 0 Å². The maximum Gasteiger partial charge on any atom is 0.0868 e. The van der Waals surface area contributed by atoms with Gasteiger partial charge in [-0.1, -0.05) is 13.8 Å². The third-order valence-corrected chi connectivity index (χ3v) is 1.46. The SMILES string of the molecule is CC(C)c1cncc(CO)n1. The molecule has 0 unspecified atom stereocenters. The Labute approximate surface area is 66.1 Å². The van der Waals surface area contributed by atoms with E-state index in [1.807, 2.05) is 13.8 Å². The van der Waals surface area contributed by atoms with Crippen molar-refractivity contribution < 1.29 is 5.11 Å². The molecular formula is C8H12N2O. The van der Waals surface area contributed by atoms with E-state index in [9.17, 15) is 0 Å². The number of aliphatic hydroxyl groups excluding tert-OH is 1. The summed E-state index contributed by atoms with van der Waals surface area (Å²) < 4.78 is 0. The molecule has 0 aromatic carbocycles. The van der Waals surface area contributed by atoms with Gasteiger partial charge in [-0.3, -0.25) is 9.97 Å². The van der Waals surface area contributed by atoms with Crippen LogP contribution in [0, 0.1) is 0 Å². The molecule has 0 atom stereocenters. The van der Waals surface area contributed by atoms with Gasteiger partial charge < -0.3 is 5.11 Å².